The van der Waals surface area contributed by atoms with Crippen LogP contribution in [-0.2, 0) is 12.8 Å². The molecule has 1 aliphatic rings. The zero-order valence-electron chi connectivity index (χ0n) is 10.7. The van der Waals surface area contributed by atoms with Crippen molar-refractivity contribution in [2.45, 2.75) is 12.8 Å². The van der Waals surface area contributed by atoms with E-state index in [0.29, 0.717) is 5.56 Å². The summed E-state index contributed by atoms with van der Waals surface area (Å²) >= 11 is 5.75. The highest BCUT2D eigenvalue weighted by atomic mass is 35.5. The lowest BCUT2D eigenvalue weighted by molar-refractivity contribution is 0.101. The van der Waals surface area contributed by atoms with Gasteiger partial charge in [0.2, 0.25) is 5.78 Å². The van der Waals surface area contributed by atoms with Crippen molar-refractivity contribution >= 4 is 28.2 Å². The van der Waals surface area contributed by atoms with Gasteiger partial charge in [-0.2, -0.15) is 0 Å². The highest BCUT2D eigenvalue weighted by molar-refractivity contribution is 6.29. The molecule has 1 aliphatic carbocycles. The molecule has 20 heavy (non-hydrogen) atoms. The minimum atomic E-state index is -0.118. The topological polar surface area (TPSA) is 30.2 Å². The van der Waals surface area contributed by atoms with Gasteiger partial charge in [-0.1, -0.05) is 24.3 Å². The first-order chi connectivity index (χ1) is 9.74. The van der Waals surface area contributed by atoms with E-state index >= 15 is 0 Å². The van der Waals surface area contributed by atoms with E-state index in [1.807, 2.05) is 18.2 Å². The standard InChI is InChI=1S/C17H11ClO2/c18-15-9-8-14(20-15)17(19)13-7-6-11-5-4-10-2-1-3-12(13)16(10)11/h1-3,6-9H,4-5H2. The van der Waals surface area contributed by atoms with E-state index in [9.17, 15) is 4.79 Å². The van der Waals surface area contributed by atoms with E-state index in [1.54, 1.807) is 12.1 Å². The molecule has 0 saturated heterocycles. The van der Waals surface area contributed by atoms with Crippen LogP contribution in [0.1, 0.15) is 27.2 Å². The molecule has 2 nitrogen and oxygen atoms in total. The molecule has 0 aliphatic heterocycles. The quantitative estimate of drug-likeness (QED) is 0.652. The van der Waals surface area contributed by atoms with E-state index in [1.165, 1.54) is 16.5 Å². The Morgan fingerprint density at radius 2 is 1.80 bits per heavy atom. The molecule has 1 heterocycles. The molecule has 1 aromatic heterocycles. The molecule has 98 valence electrons. The molecule has 0 amide bonds. The van der Waals surface area contributed by atoms with E-state index in [2.05, 4.69) is 12.1 Å². The smallest absolute Gasteiger partial charge is 0.228 e. The van der Waals surface area contributed by atoms with Crippen LogP contribution in [0.5, 0.6) is 0 Å². The van der Waals surface area contributed by atoms with Crippen LogP contribution in [0.3, 0.4) is 0 Å². The first-order valence-corrected chi connectivity index (χ1v) is 6.95. The van der Waals surface area contributed by atoms with Gasteiger partial charge in [0, 0.05) is 5.56 Å². The Morgan fingerprint density at radius 3 is 2.55 bits per heavy atom. The Bertz CT molecular complexity index is 835. The number of rotatable bonds is 2. The van der Waals surface area contributed by atoms with Crippen LogP contribution in [0.4, 0.5) is 0 Å². The number of furan rings is 1. The maximum Gasteiger partial charge on any atom is 0.228 e. The summed E-state index contributed by atoms with van der Waals surface area (Å²) in [4.78, 5) is 12.6. The summed E-state index contributed by atoms with van der Waals surface area (Å²) in [6, 6.07) is 13.3. The SMILES string of the molecule is O=C(c1ccc(Cl)o1)c1ccc2c3c(cccc13)CC2. The average Bonchev–Trinajstić information content (AvgIpc) is 3.07. The van der Waals surface area contributed by atoms with Gasteiger partial charge in [0.15, 0.2) is 11.0 Å². The lowest BCUT2D eigenvalue weighted by Gasteiger charge is -2.07. The second-order valence-electron chi connectivity index (χ2n) is 5.04. The maximum absolute atomic E-state index is 12.6. The summed E-state index contributed by atoms with van der Waals surface area (Å²) < 4.78 is 5.24. The number of halogens is 1. The molecular formula is C17H11ClO2. The van der Waals surface area contributed by atoms with Crippen molar-refractivity contribution < 1.29 is 9.21 Å². The van der Waals surface area contributed by atoms with Crippen LogP contribution in [-0.4, -0.2) is 5.78 Å². The van der Waals surface area contributed by atoms with Crippen LogP contribution in [0.15, 0.2) is 46.9 Å². The number of aryl methyl sites for hydroxylation is 2. The zero-order valence-corrected chi connectivity index (χ0v) is 11.4. The number of ketones is 1. The molecule has 0 atom stereocenters. The van der Waals surface area contributed by atoms with Crippen LogP contribution in [0, 0.1) is 0 Å². The fraction of sp³-hybridized carbons (Fsp3) is 0.118. The third kappa shape index (κ3) is 1.61. The Labute approximate surface area is 121 Å². The average molecular weight is 283 g/mol. The maximum atomic E-state index is 12.6. The number of hydrogen-bond acceptors (Lipinski definition) is 2. The lowest BCUT2D eigenvalue weighted by atomic mass is 9.97. The summed E-state index contributed by atoms with van der Waals surface area (Å²) in [5, 5.41) is 2.48. The zero-order chi connectivity index (χ0) is 13.7. The van der Waals surface area contributed by atoms with E-state index in [0.717, 1.165) is 18.2 Å². The third-order valence-electron chi connectivity index (χ3n) is 3.92. The summed E-state index contributed by atoms with van der Waals surface area (Å²) in [6.45, 7) is 0. The molecule has 3 aromatic rings. The summed E-state index contributed by atoms with van der Waals surface area (Å²) in [5.74, 6) is 0.168. The van der Waals surface area contributed by atoms with Crippen molar-refractivity contribution in [3.63, 3.8) is 0 Å². The minimum absolute atomic E-state index is 0.118. The third-order valence-corrected chi connectivity index (χ3v) is 4.12. The van der Waals surface area contributed by atoms with Crippen LogP contribution in [0.25, 0.3) is 10.8 Å². The molecule has 4 rings (SSSR count). The molecule has 3 heteroatoms. The van der Waals surface area contributed by atoms with Gasteiger partial charge in [0.1, 0.15) is 0 Å². The van der Waals surface area contributed by atoms with E-state index in [-0.39, 0.29) is 16.8 Å². The summed E-state index contributed by atoms with van der Waals surface area (Å²) in [7, 11) is 0. The van der Waals surface area contributed by atoms with Gasteiger partial charge in [-0.05, 0) is 64.5 Å². The predicted molar refractivity (Wildman–Crippen MR) is 78.5 cm³/mol. The van der Waals surface area contributed by atoms with Crippen molar-refractivity contribution in [1.82, 2.24) is 0 Å². The molecule has 0 fully saturated rings. The molecule has 0 spiro atoms. The van der Waals surface area contributed by atoms with Crippen LogP contribution in [0.2, 0.25) is 5.22 Å². The Kier molecular flexibility index (Phi) is 2.48. The predicted octanol–water partition coefficient (Wildman–Crippen LogP) is 4.42. The van der Waals surface area contributed by atoms with Gasteiger partial charge < -0.3 is 4.42 Å². The second kappa shape index (κ2) is 4.22. The minimum Gasteiger partial charge on any atom is -0.441 e. The highest BCUT2D eigenvalue weighted by Gasteiger charge is 2.21. The summed E-state index contributed by atoms with van der Waals surface area (Å²) in [5.41, 5.74) is 3.33. The van der Waals surface area contributed by atoms with Crippen molar-refractivity contribution in [2.24, 2.45) is 0 Å². The molecule has 0 N–H and O–H groups in total. The molecule has 0 bridgehead atoms. The summed E-state index contributed by atoms with van der Waals surface area (Å²) in [6.07, 6.45) is 2.10. The van der Waals surface area contributed by atoms with Crippen molar-refractivity contribution in [3.05, 3.63) is 70.1 Å². The largest absolute Gasteiger partial charge is 0.441 e. The monoisotopic (exact) mass is 282 g/mol. The lowest BCUT2D eigenvalue weighted by Crippen LogP contribution is -2.01. The Morgan fingerprint density at radius 1 is 1.00 bits per heavy atom. The highest BCUT2D eigenvalue weighted by Crippen LogP contribution is 2.33. The Hall–Kier alpha value is -2.06. The van der Waals surface area contributed by atoms with Gasteiger partial charge in [0.05, 0.1) is 0 Å². The van der Waals surface area contributed by atoms with Crippen LogP contribution < -0.4 is 0 Å². The molecule has 0 saturated carbocycles. The fourth-order valence-corrected chi connectivity index (χ4v) is 3.16. The molecule has 0 radical (unpaired) electrons. The van der Waals surface area contributed by atoms with Crippen molar-refractivity contribution in [2.75, 3.05) is 0 Å². The van der Waals surface area contributed by atoms with E-state index < -0.39 is 0 Å². The second-order valence-corrected chi connectivity index (χ2v) is 5.42. The van der Waals surface area contributed by atoms with Gasteiger partial charge in [0.25, 0.3) is 0 Å². The first kappa shape index (κ1) is 11.7. The van der Waals surface area contributed by atoms with Gasteiger partial charge in [-0.3, -0.25) is 4.79 Å². The number of benzene rings is 2. The number of carbonyl (C=O) groups is 1. The fourth-order valence-electron chi connectivity index (χ4n) is 3.01. The molecular weight excluding hydrogens is 272 g/mol. The van der Waals surface area contributed by atoms with Crippen molar-refractivity contribution in [3.8, 4) is 0 Å². The normalized spacial score (nSPS) is 13.1. The van der Waals surface area contributed by atoms with Crippen LogP contribution >= 0.6 is 11.6 Å². The molecule has 0 unspecified atom stereocenters. The molecule has 2 aromatic carbocycles. The van der Waals surface area contributed by atoms with E-state index in [4.69, 9.17) is 16.0 Å². The number of carbonyl (C=O) groups excluding carboxylic acids is 1. The van der Waals surface area contributed by atoms with Gasteiger partial charge >= 0.3 is 0 Å². The number of hydrogen-bond donors (Lipinski definition) is 0. The first-order valence-electron chi connectivity index (χ1n) is 6.57. The van der Waals surface area contributed by atoms with Crippen molar-refractivity contribution in [1.29, 1.82) is 0 Å². The Balaban J connectivity index is 1.95. The van der Waals surface area contributed by atoms with Gasteiger partial charge in [-0.25, -0.2) is 0 Å². The van der Waals surface area contributed by atoms with Gasteiger partial charge in [-0.15, -0.1) is 0 Å².